The van der Waals surface area contributed by atoms with Gasteiger partial charge in [0.1, 0.15) is 10.6 Å². The van der Waals surface area contributed by atoms with Crippen LogP contribution >= 0.6 is 23.2 Å². The second-order valence-corrected chi connectivity index (χ2v) is 5.49. The number of benzene rings is 1. The Morgan fingerprint density at radius 3 is 2.88 bits per heavy atom. The van der Waals surface area contributed by atoms with Crippen LogP contribution in [0.15, 0.2) is 18.2 Å². The molecule has 17 heavy (non-hydrogen) atoms. The lowest BCUT2D eigenvalue weighted by molar-refractivity contribution is 0.265. The Morgan fingerprint density at radius 2 is 2.24 bits per heavy atom. The lowest BCUT2D eigenvalue weighted by Gasteiger charge is -2.23. The molecule has 1 heterocycles. The van der Waals surface area contributed by atoms with Crippen molar-refractivity contribution in [1.82, 2.24) is 0 Å². The fourth-order valence-corrected chi connectivity index (χ4v) is 2.86. The van der Waals surface area contributed by atoms with E-state index in [2.05, 4.69) is 19.1 Å². The van der Waals surface area contributed by atoms with E-state index >= 15 is 0 Å². The van der Waals surface area contributed by atoms with Crippen LogP contribution in [0.2, 0.25) is 0 Å². The van der Waals surface area contributed by atoms with Gasteiger partial charge in [0.2, 0.25) is 0 Å². The molecule has 1 aromatic carbocycles. The minimum Gasteiger partial charge on any atom is -0.472 e. The predicted molar refractivity (Wildman–Crippen MR) is 71.9 cm³/mol. The van der Waals surface area contributed by atoms with Gasteiger partial charge in [0.15, 0.2) is 5.56 Å². The van der Waals surface area contributed by atoms with Gasteiger partial charge < -0.3 is 10.5 Å². The van der Waals surface area contributed by atoms with Crippen LogP contribution in [0.5, 0.6) is 5.75 Å². The summed E-state index contributed by atoms with van der Waals surface area (Å²) in [6.07, 6.45) is 2.76. The number of nitrogens with two attached hydrogens (primary N) is 1. The first-order chi connectivity index (χ1) is 8.11. The Labute approximate surface area is 112 Å². The van der Waals surface area contributed by atoms with Gasteiger partial charge in [0, 0.05) is 5.56 Å². The van der Waals surface area contributed by atoms with E-state index in [1.165, 1.54) is 5.56 Å². The summed E-state index contributed by atoms with van der Waals surface area (Å²) in [6, 6.07) is 6.12. The molecule has 0 bridgehead atoms. The Hall–Kier alpha value is -0.440. The fourth-order valence-electron chi connectivity index (χ4n) is 2.23. The molecule has 0 spiro atoms. The third kappa shape index (κ3) is 2.26. The lowest BCUT2D eigenvalue weighted by Crippen LogP contribution is -2.30. The molecule has 94 valence electrons. The number of rotatable bonds is 4. The van der Waals surface area contributed by atoms with Gasteiger partial charge in [0.05, 0.1) is 0 Å². The van der Waals surface area contributed by atoms with Crippen molar-refractivity contribution in [3.8, 4) is 5.75 Å². The average Bonchev–Trinajstić information content (AvgIpc) is 2.53. The second-order valence-electron chi connectivity index (χ2n) is 4.42. The van der Waals surface area contributed by atoms with Crippen LogP contribution in [0.25, 0.3) is 0 Å². The smallest absolute Gasteiger partial charge is 0.195 e. The standard InChI is InChI=1S/C13H17Cl2NO/c1-2-3-9-4-5-11-10(8-9)13(15,6-7-16)12(14)17-11/h4-5,8,12H,2-3,6-7,16H2,1H3. The van der Waals surface area contributed by atoms with E-state index in [9.17, 15) is 0 Å². The van der Waals surface area contributed by atoms with Crippen molar-refractivity contribution in [2.24, 2.45) is 5.73 Å². The number of hydrogen-bond acceptors (Lipinski definition) is 2. The zero-order valence-electron chi connectivity index (χ0n) is 9.88. The van der Waals surface area contributed by atoms with Gasteiger partial charge in [-0.3, -0.25) is 0 Å². The highest BCUT2D eigenvalue weighted by Gasteiger charge is 2.46. The van der Waals surface area contributed by atoms with E-state index in [0.717, 1.165) is 24.2 Å². The van der Waals surface area contributed by atoms with Crippen molar-refractivity contribution < 1.29 is 4.74 Å². The molecule has 0 saturated heterocycles. The van der Waals surface area contributed by atoms with Gasteiger partial charge in [-0.25, -0.2) is 0 Å². The fraction of sp³-hybridized carbons (Fsp3) is 0.538. The molecule has 0 amide bonds. The minimum atomic E-state index is -0.685. The van der Waals surface area contributed by atoms with E-state index in [1.54, 1.807) is 0 Å². The molecule has 1 aliphatic heterocycles. The normalized spacial score (nSPS) is 26.7. The van der Waals surface area contributed by atoms with Crippen molar-refractivity contribution in [2.45, 2.75) is 36.6 Å². The first kappa shape index (κ1) is 13.0. The number of halogens is 2. The van der Waals surface area contributed by atoms with Crippen molar-refractivity contribution in [3.05, 3.63) is 29.3 Å². The topological polar surface area (TPSA) is 35.2 Å². The first-order valence-corrected chi connectivity index (χ1v) is 6.76. The molecule has 2 rings (SSSR count). The van der Waals surface area contributed by atoms with Gasteiger partial charge in [-0.05, 0) is 31.0 Å². The maximum absolute atomic E-state index is 6.59. The highest BCUT2D eigenvalue weighted by atomic mass is 35.5. The SMILES string of the molecule is CCCc1ccc2c(c1)C(Cl)(CCN)C(Cl)O2. The molecule has 0 fully saturated rings. The number of aryl methyl sites for hydroxylation is 1. The molecular formula is C13H17Cl2NO. The van der Waals surface area contributed by atoms with Gasteiger partial charge in [0.25, 0.3) is 0 Å². The monoisotopic (exact) mass is 273 g/mol. The van der Waals surface area contributed by atoms with Crippen molar-refractivity contribution in [1.29, 1.82) is 0 Å². The summed E-state index contributed by atoms with van der Waals surface area (Å²) in [4.78, 5) is -0.685. The molecule has 0 radical (unpaired) electrons. The molecule has 2 unspecified atom stereocenters. The van der Waals surface area contributed by atoms with Crippen molar-refractivity contribution >= 4 is 23.2 Å². The van der Waals surface area contributed by atoms with E-state index in [1.807, 2.05) is 6.07 Å². The van der Waals surface area contributed by atoms with Gasteiger partial charge in [-0.15, -0.1) is 11.6 Å². The molecule has 2 N–H and O–H groups in total. The third-order valence-electron chi connectivity index (χ3n) is 3.13. The Bertz CT molecular complexity index is 410. The summed E-state index contributed by atoms with van der Waals surface area (Å²) in [7, 11) is 0. The number of hydrogen-bond donors (Lipinski definition) is 1. The summed E-state index contributed by atoms with van der Waals surface area (Å²) in [5.41, 5.74) is 7.32. The molecule has 1 aliphatic rings. The Morgan fingerprint density at radius 1 is 1.47 bits per heavy atom. The minimum absolute atomic E-state index is 0.494. The lowest BCUT2D eigenvalue weighted by atomic mass is 9.94. The molecule has 1 aromatic rings. The van der Waals surface area contributed by atoms with E-state index in [4.69, 9.17) is 33.7 Å². The average molecular weight is 274 g/mol. The molecular weight excluding hydrogens is 257 g/mol. The first-order valence-electron chi connectivity index (χ1n) is 5.95. The highest BCUT2D eigenvalue weighted by molar-refractivity contribution is 6.32. The summed E-state index contributed by atoms with van der Waals surface area (Å²) in [5, 5.41) is 0. The third-order valence-corrected chi connectivity index (χ3v) is 4.29. The summed E-state index contributed by atoms with van der Waals surface area (Å²) < 4.78 is 5.59. The van der Waals surface area contributed by atoms with Gasteiger partial charge in [-0.1, -0.05) is 37.1 Å². The van der Waals surface area contributed by atoms with Gasteiger partial charge >= 0.3 is 0 Å². The van der Waals surface area contributed by atoms with Crippen molar-refractivity contribution in [3.63, 3.8) is 0 Å². The van der Waals surface area contributed by atoms with Crippen LogP contribution in [-0.4, -0.2) is 12.1 Å². The molecule has 0 aromatic heterocycles. The van der Waals surface area contributed by atoms with E-state index in [0.29, 0.717) is 13.0 Å². The molecule has 0 aliphatic carbocycles. The molecule has 0 saturated carbocycles. The number of ether oxygens (including phenoxy) is 1. The molecule has 2 nitrogen and oxygen atoms in total. The second kappa shape index (κ2) is 5.05. The summed E-state index contributed by atoms with van der Waals surface area (Å²) in [6.45, 7) is 2.65. The summed E-state index contributed by atoms with van der Waals surface area (Å²) >= 11 is 12.8. The zero-order valence-corrected chi connectivity index (χ0v) is 11.4. The largest absolute Gasteiger partial charge is 0.472 e. The Kier molecular flexibility index (Phi) is 3.86. The zero-order chi connectivity index (χ0) is 12.5. The molecule has 2 atom stereocenters. The number of alkyl halides is 2. The highest BCUT2D eigenvalue weighted by Crippen LogP contribution is 2.49. The van der Waals surface area contributed by atoms with E-state index in [-0.39, 0.29) is 0 Å². The molecule has 4 heteroatoms. The summed E-state index contributed by atoms with van der Waals surface area (Å²) in [5.74, 6) is 0.785. The number of fused-ring (bicyclic) bond motifs is 1. The maximum Gasteiger partial charge on any atom is 0.195 e. The van der Waals surface area contributed by atoms with Crippen LogP contribution in [0.1, 0.15) is 30.9 Å². The van der Waals surface area contributed by atoms with Gasteiger partial charge in [-0.2, -0.15) is 0 Å². The van der Waals surface area contributed by atoms with Crippen LogP contribution < -0.4 is 10.5 Å². The van der Waals surface area contributed by atoms with E-state index < -0.39 is 10.4 Å². The Balaban J connectivity index is 2.39. The van der Waals surface area contributed by atoms with Crippen LogP contribution in [-0.2, 0) is 11.3 Å². The quantitative estimate of drug-likeness (QED) is 0.854. The van der Waals surface area contributed by atoms with Crippen LogP contribution in [0.3, 0.4) is 0 Å². The van der Waals surface area contributed by atoms with Crippen LogP contribution in [0, 0.1) is 0 Å². The predicted octanol–water partition coefficient (Wildman–Crippen LogP) is 3.38. The van der Waals surface area contributed by atoms with Crippen LogP contribution in [0.4, 0.5) is 0 Å². The maximum atomic E-state index is 6.59. The van der Waals surface area contributed by atoms with Crippen molar-refractivity contribution in [2.75, 3.05) is 6.54 Å².